The molecule has 4 nitrogen and oxygen atoms in total. The zero-order valence-corrected chi connectivity index (χ0v) is 15.0. The van der Waals surface area contributed by atoms with Crippen LogP contribution in [-0.2, 0) is 0 Å². The number of nitrogens with one attached hydrogen (secondary N) is 1. The van der Waals surface area contributed by atoms with Gasteiger partial charge in [0.25, 0.3) is 5.91 Å². The minimum absolute atomic E-state index is 0.175. The highest BCUT2D eigenvalue weighted by Gasteiger charge is 2.23. The Hall–Kier alpha value is -2.27. The predicted octanol–water partition coefficient (Wildman–Crippen LogP) is 4.55. The number of aromatic hydroxyl groups is 1. The average molecular weight is 378 g/mol. The fourth-order valence-corrected chi connectivity index (χ4v) is 3.27. The van der Waals surface area contributed by atoms with Crippen LogP contribution in [-0.4, -0.2) is 23.7 Å². The Kier molecular flexibility index (Phi) is 5.99. The summed E-state index contributed by atoms with van der Waals surface area (Å²) in [6.07, 6.45) is 3.95. The van der Waals surface area contributed by atoms with E-state index in [1.54, 1.807) is 0 Å². The first-order valence-corrected chi connectivity index (χ1v) is 9.08. The smallest absolute Gasteiger partial charge is 0.251 e. The SMILES string of the molecule is O=C(NCC1CCC(Oc2ccc(Cl)cc2)CC1)c1ccc(O)c(F)c1. The van der Waals surface area contributed by atoms with Crippen LogP contribution in [0.3, 0.4) is 0 Å². The van der Waals surface area contributed by atoms with Crippen molar-refractivity contribution in [3.8, 4) is 11.5 Å². The van der Waals surface area contributed by atoms with Gasteiger partial charge in [-0.3, -0.25) is 4.79 Å². The van der Waals surface area contributed by atoms with Gasteiger partial charge < -0.3 is 15.2 Å². The molecular weight excluding hydrogens is 357 g/mol. The van der Waals surface area contributed by atoms with Gasteiger partial charge in [0, 0.05) is 17.1 Å². The Labute approximate surface area is 156 Å². The second-order valence-electron chi connectivity index (χ2n) is 6.59. The highest BCUT2D eigenvalue weighted by Crippen LogP contribution is 2.28. The molecule has 1 aliphatic rings. The van der Waals surface area contributed by atoms with E-state index in [2.05, 4.69) is 5.32 Å². The van der Waals surface area contributed by atoms with Crippen molar-refractivity contribution in [2.75, 3.05) is 6.54 Å². The fourth-order valence-electron chi connectivity index (χ4n) is 3.15. The maximum Gasteiger partial charge on any atom is 0.251 e. The van der Waals surface area contributed by atoms with E-state index in [9.17, 15) is 14.3 Å². The molecule has 0 bridgehead atoms. The van der Waals surface area contributed by atoms with Crippen molar-refractivity contribution in [1.82, 2.24) is 5.32 Å². The third-order valence-electron chi connectivity index (χ3n) is 4.67. The number of halogens is 2. The monoisotopic (exact) mass is 377 g/mol. The molecule has 0 radical (unpaired) electrons. The summed E-state index contributed by atoms with van der Waals surface area (Å²) < 4.78 is 19.3. The predicted molar refractivity (Wildman–Crippen MR) is 98.2 cm³/mol. The molecule has 2 aromatic carbocycles. The second kappa shape index (κ2) is 8.41. The zero-order valence-electron chi connectivity index (χ0n) is 14.3. The molecule has 2 N–H and O–H groups in total. The van der Waals surface area contributed by atoms with Gasteiger partial charge in [-0.2, -0.15) is 0 Å². The van der Waals surface area contributed by atoms with Gasteiger partial charge in [-0.05, 0) is 74.1 Å². The van der Waals surface area contributed by atoms with Gasteiger partial charge in [-0.1, -0.05) is 11.6 Å². The number of carbonyl (C=O) groups is 1. The van der Waals surface area contributed by atoms with E-state index in [1.807, 2.05) is 24.3 Å². The second-order valence-corrected chi connectivity index (χ2v) is 7.03. The first-order valence-electron chi connectivity index (χ1n) is 8.70. The lowest BCUT2D eigenvalue weighted by atomic mass is 9.87. The van der Waals surface area contributed by atoms with Gasteiger partial charge in [0.15, 0.2) is 11.6 Å². The molecule has 0 spiro atoms. The Bertz CT molecular complexity index is 758. The third kappa shape index (κ3) is 4.88. The minimum Gasteiger partial charge on any atom is -0.505 e. The van der Waals surface area contributed by atoms with Crippen LogP contribution in [0.25, 0.3) is 0 Å². The molecule has 3 rings (SSSR count). The molecule has 0 saturated heterocycles. The normalized spacial score (nSPS) is 19.8. The van der Waals surface area contributed by atoms with E-state index in [1.165, 1.54) is 12.1 Å². The molecule has 1 amide bonds. The van der Waals surface area contributed by atoms with Crippen LogP contribution < -0.4 is 10.1 Å². The van der Waals surface area contributed by atoms with Gasteiger partial charge in [0.05, 0.1) is 6.10 Å². The maximum atomic E-state index is 13.3. The summed E-state index contributed by atoms with van der Waals surface area (Å²) in [5.74, 6) is -0.381. The molecule has 0 unspecified atom stereocenters. The Morgan fingerprint density at radius 1 is 1.15 bits per heavy atom. The average Bonchev–Trinajstić information content (AvgIpc) is 2.65. The zero-order chi connectivity index (χ0) is 18.5. The molecule has 138 valence electrons. The summed E-state index contributed by atoms with van der Waals surface area (Å²) in [6.45, 7) is 0.551. The van der Waals surface area contributed by atoms with Crippen LogP contribution in [0, 0.1) is 11.7 Å². The Morgan fingerprint density at radius 3 is 2.50 bits per heavy atom. The van der Waals surface area contributed by atoms with Crippen molar-refractivity contribution in [2.24, 2.45) is 5.92 Å². The van der Waals surface area contributed by atoms with E-state index < -0.39 is 11.6 Å². The van der Waals surface area contributed by atoms with Crippen LogP contribution >= 0.6 is 11.6 Å². The molecule has 1 aliphatic carbocycles. The molecule has 1 fully saturated rings. The van der Waals surface area contributed by atoms with E-state index >= 15 is 0 Å². The molecule has 0 heterocycles. The van der Waals surface area contributed by atoms with E-state index in [0.29, 0.717) is 17.5 Å². The summed E-state index contributed by atoms with van der Waals surface area (Å²) in [5, 5.41) is 12.7. The molecule has 0 aromatic heterocycles. The van der Waals surface area contributed by atoms with E-state index in [0.717, 1.165) is 37.5 Å². The van der Waals surface area contributed by atoms with Crippen LogP contribution in [0.4, 0.5) is 4.39 Å². The largest absolute Gasteiger partial charge is 0.505 e. The van der Waals surface area contributed by atoms with Gasteiger partial charge in [-0.15, -0.1) is 0 Å². The third-order valence-corrected chi connectivity index (χ3v) is 4.92. The number of hydrogen-bond donors (Lipinski definition) is 2. The van der Waals surface area contributed by atoms with Gasteiger partial charge in [0.1, 0.15) is 5.75 Å². The molecule has 1 saturated carbocycles. The maximum absolute atomic E-state index is 13.3. The summed E-state index contributed by atoms with van der Waals surface area (Å²) >= 11 is 5.87. The van der Waals surface area contributed by atoms with E-state index in [-0.39, 0.29) is 17.6 Å². The molecular formula is C20H21ClFNO3. The fraction of sp³-hybridized carbons (Fsp3) is 0.350. The number of hydrogen-bond acceptors (Lipinski definition) is 3. The summed E-state index contributed by atoms with van der Waals surface area (Å²) in [4.78, 5) is 12.1. The number of benzene rings is 2. The molecule has 2 aromatic rings. The lowest BCUT2D eigenvalue weighted by molar-refractivity contribution is 0.0928. The van der Waals surface area contributed by atoms with Crippen molar-refractivity contribution < 1.29 is 19.0 Å². The first-order chi connectivity index (χ1) is 12.5. The van der Waals surface area contributed by atoms with Crippen molar-refractivity contribution in [3.63, 3.8) is 0 Å². The Balaban J connectivity index is 1.43. The lowest BCUT2D eigenvalue weighted by Crippen LogP contribution is -2.33. The lowest BCUT2D eigenvalue weighted by Gasteiger charge is -2.29. The number of ether oxygens (including phenoxy) is 1. The first kappa shape index (κ1) is 18.5. The topological polar surface area (TPSA) is 58.6 Å². The van der Waals surface area contributed by atoms with Crippen molar-refractivity contribution in [2.45, 2.75) is 31.8 Å². The Morgan fingerprint density at radius 2 is 1.85 bits per heavy atom. The number of carbonyl (C=O) groups excluding carboxylic acids is 1. The van der Waals surface area contributed by atoms with Crippen molar-refractivity contribution >= 4 is 17.5 Å². The molecule has 0 atom stereocenters. The molecule has 0 aliphatic heterocycles. The van der Waals surface area contributed by atoms with Crippen molar-refractivity contribution in [3.05, 3.63) is 58.9 Å². The van der Waals surface area contributed by atoms with Crippen LogP contribution in [0.5, 0.6) is 11.5 Å². The van der Waals surface area contributed by atoms with Crippen LogP contribution in [0.1, 0.15) is 36.0 Å². The summed E-state index contributed by atoms with van der Waals surface area (Å²) in [7, 11) is 0. The molecule has 26 heavy (non-hydrogen) atoms. The quantitative estimate of drug-likeness (QED) is 0.803. The highest BCUT2D eigenvalue weighted by molar-refractivity contribution is 6.30. The summed E-state index contributed by atoms with van der Waals surface area (Å²) in [5.41, 5.74) is 0.208. The number of amides is 1. The molecule has 6 heteroatoms. The van der Waals surface area contributed by atoms with Crippen LogP contribution in [0.2, 0.25) is 5.02 Å². The minimum atomic E-state index is -0.794. The standard InChI is InChI=1S/C20H21ClFNO3/c21-15-4-8-17(9-5-15)26-16-6-1-13(2-7-16)12-23-20(25)14-3-10-19(24)18(22)11-14/h3-5,8-11,13,16,24H,1-2,6-7,12H2,(H,23,25). The van der Waals surface area contributed by atoms with Gasteiger partial charge in [-0.25, -0.2) is 4.39 Å². The van der Waals surface area contributed by atoms with Gasteiger partial charge in [0.2, 0.25) is 0 Å². The van der Waals surface area contributed by atoms with Crippen molar-refractivity contribution in [1.29, 1.82) is 0 Å². The summed E-state index contributed by atoms with van der Waals surface area (Å²) in [6, 6.07) is 11.0. The van der Waals surface area contributed by atoms with E-state index in [4.69, 9.17) is 16.3 Å². The number of phenolic OH excluding ortho intramolecular Hbond substituents is 1. The number of phenols is 1. The highest BCUT2D eigenvalue weighted by atomic mass is 35.5. The van der Waals surface area contributed by atoms with Crippen LogP contribution in [0.15, 0.2) is 42.5 Å². The number of rotatable bonds is 5. The van der Waals surface area contributed by atoms with Gasteiger partial charge >= 0.3 is 0 Å².